The van der Waals surface area contributed by atoms with E-state index in [1.165, 1.54) is 0 Å². The van der Waals surface area contributed by atoms with Gasteiger partial charge in [-0.1, -0.05) is 28.8 Å². The lowest BCUT2D eigenvalue weighted by Crippen LogP contribution is -2.30. The number of likely N-dealkylation sites (tertiary alicyclic amines) is 1. The van der Waals surface area contributed by atoms with Crippen molar-refractivity contribution in [3.63, 3.8) is 0 Å². The third-order valence-corrected chi connectivity index (χ3v) is 3.47. The zero-order chi connectivity index (χ0) is 14.4. The van der Waals surface area contributed by atoms with Crippen LogP contribution in [0.4, 0.5) is 0 Å². The Morgan fingerprint density at radius 1 is 1.50 bits per heavy atom. The maximum atomic E-state index is 11.8. The van der Waals surface area contributed by atoms with Crippen molar-refractivity contribution in [2.75, 3.05) is 26.2 Å². The van der Waals surface area contributed by atoms with Crippen molar-refractivity contribution in [2.45, 2.75) is 6.42 Å². The largest absolute Gasteiger partial charge is 0.490 e. The summed E-state index contributed by atoms with van der Waals surface area (Å²) in [7, 11) is 0. The van der Waals surface area contributed by atoms with E-state index in [1.807, 2.05) is 12.1 Å². The van der Waals surface area contributed by atoms with E-state index in [0.29, 0.717) is 43.4 Å². The Balaban J connectivity index is 1.78. The van der Waals surface area contributed by atoms with E-state index in [0.717, 1.165) is 0 Å². The fraction of sp³-hybridized carbons (Fsp3) is 0.462. The van der Waals surface area contributed by atoms with E-state index in [9.17, 15) is 4.79 Å². The molecule has 7 heteroatoms. The lowest BCUT2D eigenvalue weighted by atomic mass is 10.1. The quantitative estimate of drug-likeness (QED) is 0.459. The molecule has 1 aliphatic rings. The molecule has 1 aromatic carbocycles. The Kier molecular flexibility index (Phi) is 5.09. The predicted molar refractivity (Wildman–Crippen MR) is 75.6 cm³/mol. The molecule has 1 fully saturated rings. The summed E-state index contributed by atoms with van der Waals surface area (Å²) in [5.74, 6) is 0.802. The predicted octanol–water partition coefficient (Wildman–Crippen LogP) is 2.88. The highest BCUT2D eigenvalue weighted by atomic mass is 35.5. The number of ether oxygens (including phenoxy) is 1. The summed E-state index contributed by atoms with van der Waals surface area (Å²) >= 11 is 5.98. The van der Waals surface area contributed by atoms with Gasteiger partial charge in [0.2, 0.25) is 5.91 Å². The van der Waals surface area contributed by atoms with E-state index >= 15 is 0 Å². The molecule has 6 nitrogen and oxygen atoms in total. The minimum absolute atomic E-state index is 0.0749. The van der Waals surface area contributed by atoms with Crippen LogP contribution < -0.4 is 4.74 Å². The summed E-state index contributed by atoms with van der Waals surface area (Å²) in [6, 6.07) is 7.23. The molecule has 1 heterocycles. The molecule has 0 radical (unpaired) electrons. The molecule has 0 saturated carbocycles. The number of carbonyl (C=O) groups excluding carboxylic acids is 1. The van der Waals surface area contributed by atoms with Gasteiger partial charge in [-0.15, -0.1) is 0 Å². The summed E-state index contributed by atoms with van der Waals surface area (Å²) in [4.78, 5) is 16.2. The third kappa shape index (κ3) is 3.79. The fourth-order valence-electron chi connectivity index (χ4n) is 2.17. The Morgan fingerprint density at radius 3 is 3.05 bits per heavy atom. The van der Waals surface area contributed by atoms with Crippen molar-refractivity contribution >= 4 is 17.5 Å². The van der Waals surface area contributed by atoms with Gasteiger partial charge < -0.3 is 9.64 Å². The van der Waals surface area contributed by atoms with E-state index in [-0.39, 0.29) is 11.8 Å². The van der Waals surface area contributed by atoms with Crippen LogP contribution in [0.2, 0.25) is 5.02 Å². The van der Waals surface area contributed by atoms with Crippen molar-refractivity contribution in [3.8, 4) is 5.75 Å². The van der Waals surface area contributed by atoms with Gasteiger partial charge in [0.05, 0.1) is 11.6 Å². The number of hydrogen-bond acceptors (Lipinski definition) is 3. The summed E-state index contributed by atoms with van der Waals surface area (Å²) in [6.45, 7) is 1.88. The first-order valence-corrected chi connectivity index (χ1v) is 6.74. The van der Waals surface area contributed by atoms with Gasteiger partial charge in [-0.3, -0.25) is 4.79 Å². The Hall–Kier alpha value is -1.91. The first-order chi connectivity index (χ1) is 9.70. The molecule has 1 aliphatic heterocycles. The zero-order valence-corrected chi connectivity index (χ0v) is 11.7. The Morgan fingerprint density at radius 2 is 2.30 bits per heavy atom. The highest BCUT2D eigenvalue weighted by Gasteiger charge is 2.28. The first kappa shape index (κ1) is 14.5. The number of hydrogen-bond donors (Lipinski definition) is 0. The number of amides is 1. The molecule has 0 spiro atoms. The van der Waals surface area contributed by atoms with Gasteiger partial charge in [0.15, 0.2) is 0 Å². The molecule has 1 saturated heterocycles. The van der Waals surface area contributed by atoms with Gasteiger partial charge in [0.25, 0.3) is 0 Å². The summed E-state index contributed by atoms with van der Waals surface area (Å²) in [5.41, 5.74) is 8.28. The topological polar surface area (TPSA) is 78.3 Å². The lowest BCUT2D eigenvalue weighted by Gasteiger charge is -2.17. The summed E-state index contributed by atoms with van der Waals surface area (Å²) < 4.78 is 5.56. The number of halogens is 1. The standard InChI is InChI=1S/C13H15ClN4O2/c14-11-3-1-2-4-12(11)20-6-5-18-9-10(7-13(18)19)8-16-17-15/h1-4,10H,5-9H2. The van der Waals surface area contributed by atoms with Crippen LogP contribution in [0.1, 0.15) is 6.42 Å². The molecule has 1 aromatic rings. The average molecular weight is 295 g/mol. The van der Waals surface area contributed by atoms with E-state index < -0.39 is 0 Å². The van der Waals surface area contributed by atoms with Crippen molar-refractivity contribution in [3.05, 3.63) is 39.7 Å². The van der Waals surface area contributed by atoms with Crippen LogP contribution in [0.3, 0.4) is 0 Å². The average Bonchev–Trinajstić information content (AvgIpc) is 2.79. The molecule has 1 unspecified atom stereocenters. The minimum Gasteiger partial charge on any atom is -0.490 e. The second-order valence-corrected chi connectivity index (χ2v) is 5.01. The molecule has 0 N–H and O–H groups in total. The molecule has 1 amide bonds. The molecule has 1 atom stereocenters. The number of carbonyl (C=O) groups is 1. The maximum Gasteiger partial charge on any atom is 0.223 e. The first-order valence-electron chi connectivity index (χ1n) is 6.36. The molecular weight excluding hydrogens is 280 g/mol. The van der Waals surface area contributed by atoms with Gasteiger partial charge >= 0.3 is 0 Å². The summed E-state index contributed by atoms with van der Waals surface area (Å²) in [6.07, 6.45) is 0.436. The molecule has 0 bridgehead atoms. The maximum absolute atomic E-state index is 11.8. The molecule has 20 heavy (non-hydrogen) atoms. The van der Waals surface area contributed by atoms with Crippen LogP contribution in [-0.4, -0.2) is 37.0 Å². The lowest BCUT2D eigenvalue weighted by molar-refractivity contribution is -0.128. The van der Waals surface area contributed by atoms with Crippen molar-refractivity contribution in [1.29, 1.82) is 0 Å². The van der Waals surface area contributed by atoms with Gasteiger partial charge in [-0.25, -0.2) is 0 Å². The number of rotatable bonds is 6. The van der Waals surface area contributed by atoms with E-state index in [4.69, 9.17) is 21.9 Å². The monoisotopic (exact) mass is 294 g/mol. The van der Waals surface area contributed by atoms with Crippen molar-refractivity contribution in [2.24, 2.45) is 11.0 Å². The minimum atomic E-state index is 0.0749. The van der Waals surface area contributed by atoms with Crippen LogP contribution in [0.15, 0.2) is 29.4 Å². The highest BCUT2D eigenvalue weighted by Crippen LogP contribution is 2.23. The Labute approximate surface area is 121 Å². The second-order valence-electron chi connectivity index (χ2n) is 4.60. The normalized spacial score (nSPS) is 17.9. The van der Waals surface area contributed by atoms with Gasteiger partial charge in [0.1, 0.15) is 12.4 Å². The number of para-hydroxylation sites is 1. The summed E-state index contributed by atoms with van der Waals surface area (Å²) in [5, 5.41) is 4.07. The zero-order valence-electron chi connectivity index (χ0n) is 10.9. The fourth-order valence-corrected chi connectivity index (χ4v) is 2.36. The Bertz CT molecular complexity index is 531. The van der Waals surface area contributed by atoms with Crippen LogP contribution >= 0.6 is 11.6 Å². The molecular formula is C13H15ClN4O2. The number of benzene rings is 1. The van der Waals surface area contributed by atoms with Gasteiger partial charge in [-0.2, -0.15) is 0 Å². The SMILES string of the molecule is [N-]=[N+]=NCC1CC(=O)N(CCOc2ccccc2Cl)C1. The molecule has 0 aliphatic carbocycles. The smallest absolute Gasteiger partial charge is 0.223 e. The number of nitrogens with zero attached hydrogens (tertiary/aromatic N) is 4. The van der Waals surface area contributed by atoms with E-state index in [1.54, 1.807) is 17.0 Å². The third-order valence-electron chi connectivity index (χ3n) is 3.15. The van der Waals surface area contributed by atoms with Crippen LogP contribution in [0.25, 0.3) is 10.4 Å². The highest BCUT2D eigenvalue weighted by molar-refractivity contribution is 6.32. The van der Waals surface area contributed by atoms with E-state index in [2.05, 4.69) is 10.0 Å². The van der Waals surface area contributed by atoms with Crippen molar-refractivity contribution < 1.29 is 9.53 Å². The second kappa shape index (κ2) is 7.03. The molecule has 106 valence electrons. The van der Waals surface area contributed by atoms with Crippen LogP contribution in [0.5, 0.6) is 5.75 Å². The van der Waals surface area contributed by atoms with Crippen LogP contribution in [-0.2, 0) is 4.79 Å². The van der Waals surface area contributed by atoms with Crippen LogP contribution in [0, 0.1) is 5.92 Å². The number of azide groups is 1. The van der Waals surface area contributed by atoms with Gasteiger partial charge in [-0.05, 0) is 23.6 Å². The molecule has 0 aromatic heterocycles. The molecule has 2 rings (SSSR count). The van der Waals surface area contributed by atoms with Gasteiger partial charge in [0, 0.05) is 24.4 Å². The van der Waals surface area contributed by atoms with Crippen molar-refractivity contribution in [1.82, 2.24) is 4.90 Å².